The van der Waals surface area contributed by atoms with Crippen LogP contribution >= 0.6 is 27.5 Å². The van der Waals surface area contributed by atoms with Crippen LogP contribution in [0.1, 0.15) is 25.7 Å². The van der Waals surface area contributed by atoms with Gasteiger partial charge in [-0.1, -0.05) is 40.4 Å². The van der Waals surface area contributed by atoms with Gasteiger partial charge in [0.2, 0.25) is 5.91 Å². The van der Waals surface area contributed by atoms with Crippen molar-refractivity contribution in [1.29, 1.82) is 0 Å². The zero-order valence-electron chi connectivity index (χ0n) is 10.7. The maximum atomic E-state index is 12.3. The minimum absolute atomic E-state index is 0.263. The van der Waals surface area contributed by atoms with Gasteiger partial charge in [0.05, 0.1) is 22.5 Å². The molecule has 0 aliphatic heterocycles. The molecule has 1 amide bonds. The number of nitrogens with one attached hydrogen (secondary N) is 1. The smallest absolute Gasteiger partial charge is 0.307 e. The number of hydrogen-bond acceptors (Lipinski definition) is 2. The molecule has 2 atom stereocenters. The van der Waals surface area contributed by atoms with E-state index in [1.165, 1.54) is 0 Å². The molecule has 6 heteroatoms. The lowest BCUT2D eigenvalue weighted by atomic mass is 9.78. The monoisotopic (exact) mass is 359 g/mol. The van der Waals surface area contributed by atoms with Crippen LogP contribution in [-0.2, 0) is 9.59 Å². The fourth-order valence-electron chi connectivity index (χ4n) is 2.56. The number of anilines is 1. The van der Waals surface area contributed by atoms with Gasteiger partial charge in [0.25, 0.3) is 0 Å². The third-order valence-corrected chi connectivity index (χ3v) is 4.41. The average molecular weight is 361 g/mol. The van der Waals surface area contributed by atoms with E-state index in [9.17, 15) is 14.7 Å². The summed E-state index contributed by atoms with van der Waals surface area (Å²) >= 11 is 9.34. The molecule has 0 spiro atoms. The van der Waals surface area contributed by atoms with Crippen molar-refractivity contribution < 1.29 is 14.7 Å². The minimum atomic E-state index is -0.897. The summed E-state index contributed by atoms with van der Waals surface area (Å²) in [6.07, 6.45) is 2.91. The molecule has 4 nitrogen and oxygen atoms in total. The Hall–Kier alpha value is -1.07. The Labute approximate surface area is 130 Å². The molecule has 1 saturated carbocycles. The number of hydrogen-bond donors (Lipinski definition) is 2. The minimum Gasteiger partial charge on any atom is -0.481 e. The Kier molecular flexibility index (Phi) is 5.05. The number of amides is 1. The van der Waals surface area contributed by atoms with Gasteiger partial charge in [-0.25, -0.2) is 0 Å². The zero-order chi connectivity index (χ0) is 14.7. The van der Waals surface area contributed by atoms with Crippen molar-refractivity contribution in [2.45, 2.75) is 25.7 Å². The van der Waals surface area contributed by atoms with E-state index < -0.39 is 17.8 Å². The largest absolute Gasteiger partial charge is 0.481 e. The first-order valence-electron chi connectivity index (χ1n) is 6.48. The molecule has 1 aromatic rings. The summed E-state index contributed by atoms with van der Waals surface area (Å²) < 4.78 is 0.821. The molecule has 0 aromatic heterocycles. The fraction of sp³-hybridized carbons (Fsp3) is 0.429. The molecule has 0 unspecified atom stereocenters. The first kappa shape index (κ1) is 15.3. The van der Waals surface area contributed by atoms with Crippen molar-refractivity contribution in [3.05, 3.63) is 27.7 Å². The van der Waals surface area contributed by atoms with Crippen LogP contribution < -0.4 is 5.32 Å². The van der Waals surface area contributed by atoms with Gasteiger partial charge in [-0.15, -0.1) is 0 Å². The highest BCUT2D eigenvalue weighted by Gasteiger charge is 2.35. The van der Waals surface area contributed by atoms with E-state index in [0.29, 0.717) is 23.6 Å². The molecule has 1 fully saturated rings. The molecule has 1 aromatic carbocycles. The van der Waals surface area contributed by atoms with Crippen molar-refractivity contribution in [3.63, 3.8) is 0 Å². The van der Waals surface area contributed by atoms with Gasteiger partial charge in [0.15, 0.2) is 0 Å². The van der Waals surface area contributed by atoms with Crippen LogP contribution in [0, 0.1) is 11.8 Å². The quantitative estimate of drug-likeness (QED) is 0.858. The highest BCUT2D eigenvalue weighted by atomic mass is 79.9. The first-order chi connectivity index (χ1) is 9.49. The zero-order valence-corrected chi connectivity index (χ0v) is 13.1. The molecule has 0 radical (unpaired) electrons. The average Bonchev–Trinajstić information content (AvgIpc) is 2.41. The Morgan fingerprint density at radius 1 is 1.25 bits per heavy atom. The topological polar surface area (TPSA) is 66.4 Å². The number of carboxylic acid groups (broad SMARTS) is 1. The highest BCUT2D eigenvalue weighted by molar-refractivity contribution is 9.10. The normalized spacial score (nSPS) is 22.3. The van der Waals surface area contributed by atoms with E-state index in [1.807, 2.05) is 0 Å². The second kappa shape index (κ2) is 6.59. The van der Waals surface area contributed by atoms with E-state index in [1.54, 1.807) is 18.2 Å². The molecule has 0 bridgehead atoms. The first-order valence-corrected chi connectivity index (χ1v) is 7.65. The number of benzene rings is 1. The molecule has 108 valence electrons. The summed E-state index contributed by atoms with van der Waals surface area (Å²) in [4.78, 5) is 23.5. The van der Waals surface area contributed by atoms with Crippen LogP contribution in [0.3, 0.4) is 0 Å². The number of carboxylic acids is 1. The van der Waals surface area contributed by atoms with Crippen molar-refractivity contribution in [3.8, 4) is 0 Å². The molecule has 0 saturated heterocycles. The Morgan fingerprint density at radius 3 is 2.50 bits per heavy atom. The summed E-state index contributed by atoms with van der Waals surface area (Å²) in [5.74, 6) is -2.24. The molecule has 2 N–H and O–H groups in total. The number of carbonyl (C=O) groups is 2. The van der Waals surface area contributed by atoms with E-state index in [-0.39, 0.29) is 5.91 Å². The van der Waals surface area contributed by atoms with Crippen molar-refractivity contribution >= 4 is 45.1 Å². The predicted molar refractivity (Wildman–Crippen MR) is 80.9 cm³/mol. The van der Waals surface area contributed by atoms with Crippen LogP contribution in [0.25, 0.3) is 0 Å². The Morgan fingerprint density at radius 2 is 1.90 bits per heavy atom. The van der Waals surface area contributed by atoms with Gasteiger partial charge in [0.1, 0.15) is 0 Å². The molecular weight excluding hydrogens is 346 g/mol. The molecule has 2 rings (SSSR count). The maximum Gasteiger partial charge on any atom is 0.307 e. The number of rotatable bonds is 3. The van der Waals surface area contributed by atoms with Crippen LogP contribution in [0.4, 0.5) is 5.69 Å². The fourth-order valence-corrected chi connectivity index (χ4v) is 3.28. The van der Waals surface area contributed by atoms with Gasteiger partial charge in [0, 0.05) is 4.47 Å². The summed E-state index contributed by atoms with van der Waals surface area (Å²) in [6.45, 7) is 0. The summed E-state index contributed by atoms with van der Waals surface area (Å²) in [7, 11) is 0. The van der Waals surface area contributed by atoms with Gasteiger partial charge in [-0.2, -0.15) is 0 Å². The lowest BCUT2D eigenvalue weighted by Crippen LogP contribution is -2.36. The third-order valence-electron chi connectivity index (χ3n) is 3.61. The molecular formula is C14H15BrClNO3. The van der Waals surface area contributed by atoms with Crippen LogP contribution in [0.5, 0.6) is 0 Å². The predicted octanol–water partition coefficient (Wildman–Crippen LogP) is 3.93. The lowest BCUT2D eigenvalue weighted by molar-refractivity contribution is -0.147. The van der Waals surface area contributed by atoms with Crippen LogP contribution in [0.15, 0.2) is 22.7 Å². The van der Waals surface area contributed by atoms with Crippen molar-refractivity contribution in [2.24, 2.45) is 11.8 Å². The molecule has 20 heavy (non-hydrogen) atoms. The van der Waals surface area contributed by atoms with E-state index >= 15 is 0 Å². The van der Waals surface area contributed by atoms with E-state index in [0.717, 1.165) is 17.3 Å². The van der Waals surface area contributed by atoms with Crippen LogP contribution in [0.2, 0.25) is 5.02 Å². The second-order valence-electron chi connectivity index (χ2n) is 4.95. The SMILES string of the molecule is O=C(Nc1ccc(Br)cc1Cl)[C@H]1CCCC[C@H]1C(=O)O. The molecule has 0 heterocycles. The lowest BCUT2D eigenvalue weighted by Gasteiger charge is -2.27. The van der Waals surface area contributed by atoms with E-state index in [4.69, 9.17) is 11.6 Å². The molecule has 1 aliphatic carbocycles. The summed E-state index contributed by atoms with van der Waals surface area (Å²) in [5, 5.41) is 12.4. The van der Waals surface area contributed by atoms with Crippen molar-refractivity contribution in [1.82, 2.24) is 0 Å². The van der Waals surface area contributed by atoms with Gasteiger partial charge in [-0.3, -0.25) is 9.59 Å². The number of carbonyl (C=O) groups excluding carboxylic acids is 1. The highest BCUT2D eigenvalue weighted by Crippen LogP contribution is 2.32. The second-order valence-corrected chi connectivity index (χ2v) is 6.27. The van der Waals surface area contributed by atoms with Gasteiger partial charge in [-0.05, 0) is 31.0 Å². The third kappa shape index (κ3) is 3.52. The molecule has 1 aliphatic rings. The van der Waals surface area contributed by atoms with Gasteiger partial charge >= 0.3 is 5.97 Å². The maximum absolute atomic E-state index is 12.3. The standard InChI is InChI=1S/C14H15BrClNO3/c15-8-5-6-12(11(16)7-8)17-13(18)9-3-1-2-4-10(9)14(19)20/h5-7,9-10H,1-4H2,(H,17,18)(H,19,20)/t9-,10+/m0/s1. The Bertz CT molecular complexity index is 535. The van der Waals surface area contributed by atoms with Gasteiger partial charge < -0.3 is 10.4 Å². The summed E-state index contributed by atoms with van der Waals surface area (Å²) in [5.41, 5.74) is 0.509. The Balaban J connectivity index is 2.12. The summed E-state index contributed by atoms with van der Waals surface area (Å²) in [6, 6.07) is 5.16. The van der Waals surface area contributed by atoms with E-state index in [2.05, 4.69) is 21.2 Å². The number of aliphatic carboxylic acids is 1. The van der Waals surface area contributed by atoms with Crippen molar-refractivity contribution in [2.75, 3.05) is 5.32 Å². The van der Waals surface area contributed by atoms with Crippen LogP contribution in [-0.4, -0.2) is 17.0 Å². The number of halogens is 2.